The van der Waals surface area contributed by atoms with E-state index in [0.717, 1.165) is 16.9 Å². The third kappa shape index (κ3) is 2.29. The van der Waals surface area contributed by atoms with Crippen molar-refractivity contribution < 1.29 is 4.74 Å². The van der Waals surface area contributed by atoms with E-state index in [1.54, 1.807) is 0 Å². The molecule has 0 aliphatic rings. The highest BCUT2D eigenvalue weighted by Gasteiger charge is 2.08. The number of hydrogen-bond acceptors (Lipinski definition) is 2. The summed E-state index contributed by atoms with van der Waals surface area (Å²) in [5, 5.41) is 9.11. The van der Waals surface area contributed by atoms with Gasteiger partial charge < -0.3 is 4.74 Å². The van der Waals surface area contributed by atoms with Gasteiger partial charge in [-0.05, 0) is 19.1 Å². The minimum Gasteiger partial charge on any atom is -0.493 e. The fourth-order valence-electron chi connectivity index (χ4n) is 1.79. The maximum atomic E-state index is 9.11. The highest BCUT2D eigenvalue weighted by Crippen LogP contribution is 2.31. The Morgan fingerprint density at radius 1 is 1.00 bits per heavy atom. The molecule has 0 aliphatic carbocycles. The van der Waals surface area contributed by atoms with Crippen molar-refractivity contribution in [1.29, 1.82) is 5.26 Å². The number of para-hydroxylation sites is 1. The van der Waals surface area contributed by atoms with Gasteiger partial charge in [-0.2, -0.15) is 5.26 Å². The first-order chi connectivity index (χ1) is 8.36. The third-order valence-electron chi connectivity index (χ3n) is 2.52. The zero-order chi connectivity index (χ0) is 12.1. The molecule has 2 aromatic carbocycles. The molecule has 2 nitrogen and oxygen atoms in total. The molecule has 0 N–H and O–H groups in total. The minimum absolute atomic E-state index is 0.617. The molecule has 0 fully saturated rings. The summed E-state index contributed by atoms with van der Waals surface area (Å²) in [7, 11) is 0. The predicted octanol–water partition coefficient (Wildman–Crippen LogP) is 3.62. The smallest absolute Gasteiger partial charge is 0.127 e. The van der Waals surface area contributed by atoms with Gasteiger partial charge in [-0.15, -0.1) is 0 Å². The average molecular weight is 223 g/mol. The molecular formula is C15H13NO. The molecule has 0 atom stereocenters. The molecule has 0 spiro atoms. The lowest BCUT2D eigenvalue weighted by molar-refractivity contribution is 0.341. The van der Waals surface area contributed by atoms with Crippen molar-refractivity contribution in [3.8, 4) is 22.9 Å². The summed E-state index contributed by atoms with van der Waals surface area (Å²) >= 11 is 0. The van der Waals surface area contributed by atoms with Gasteiger partial charge in [0.2, 0.25) is 0 Å². The summed E-state index contributed by atoms with van der Waals surface area (Å²) < 4.78 is 5.58. The second-order valence-electron chi connectivity index (χ2n) is 3.59. The van der Waals surface area contributed by atoms with Crippen LogP contribution in [0.25, 0.3) is 11.1 Å². The van der Waals surface area contributed by atoms with E-state index >= 15 is 0 Å². The molecule has 0 aliphatic heterocycles. The number of hydrogen-bond donors (Lipinski definition) is 0. The number of benzene rings is 2. The quantitative estimate of drug-likeness (QED) is 0.796. The van der Waals surface area contributed by atoms with Gasteiger partial charge in [0.25, 0.3) is 0 Å². The second kappa shape index (κ2) is 5.18. The van der Waals surface area contributed by atoms with Crippen molar-refractivity contribution in [3.63, 3.8) is 0 Å². The monoisotopic (exact) mass is 223 g/mol. The number of nitriles is 1. The maximum Gasteiger partial charge on any atom is 0.127 e. The molecule has 0 amide bonds. The lowest BCUT2D eigenvalue weighted by atomic mass is 10.00. The zero-order valence-electron chi connectivity index (χ0n) is 9.68. The first kappa shape index (κ1) is 11.2. The summed E-state index contributed by atoms with van der Waals surface area (Å²) in [4.78, 5) is 0. The van der Waals surface area contributed by atoms with E-state index in [9.17, 15) is 0 Å². The predicted molar refractivity (Wildman–Crippen MR) is 67.8 cm³/mol. The molecule has 0 saturated carbocycles. The number of rotatable bonds is 3. The van der Waals surface area contributed by atoms with Crippen LogP contribution in [0.15, 0.2) is 48.5 Å². The van der Waals surface area contributed by atoms with Crippen LogP contribution in [0.2, 0.25) is 0 Å². The van der Waals surface area contributed by atoms with Crippen molar-refractivity contribution in [1.82, 2.24) is 0 Å². The molecule has 0 aromatic heterocycles. The standard InChI is InChI=1S/C15H13NO/c1-2-17-15-10-6-5-9-14(15)13-8-4-3-7-12(13)11-16/h3-10H,2H2,1H3. The molecule has 0 saturated heterocycles. The van der Waals surface area contributed by atoms with Crippen molar-refractivity contribution in [3.05, 3.63) is 54.1 Å². The molecule has 2 rings (SSSR count). The third-order valence-corrected chi connectivity index (χ3v) is 2.52. The fourth-order valence-corrected chi connectivity index (χ4v) is 1.79. The summed E-state index contributed by atoms with van der Waals surface area (Å²) in [6.07, 6.45) is 0. The van der Waals surface area contributed by atoms with Crippen LogP contribution in [0.5, 0.6) is 5.75 Å². The number of nitrogens with zero attached hydrogens (tertiary/aromatic N) is 1. The molecule has 0 unspecified atom stereocenters. The lowest BCUT2D eigenvalue weighted by Gasteiger charge is -2.10. The molecule has 0 heterocycles. The van der Waals surface area contributed by atoms with Crippen LogP contribution in [0.1, 0.15) is 12.5 Å². The summed E-state index contributed by atoms with van der Waals surface area (Å²) in [5.41, 5.74) is 2.55. The Balaban J connectivity index is 2.57. The Morgan fingerprint density at radius 3 is 2.35 bits per heavy atom. The summed E-state index contributed by atoms with van der Waals surface area (Å²) in [6.45, 7) is 2.57. The first-order valence-corrected chi connectivity index (χ1v) is 5.58. The van der Waals surface area contributed by atoms with E-state index in [0.29, 0.717) is 12.2 Å². The highest BCUT2D eigenvalue weighted by atomic mass is 16.5. The summed E-state index contributed by atoms with van der Waals surface area (Å²) in [6, 6.07) is 17.5. The second-order valence-corrected chi connectivity index (χ2v) is 3.59. The highest BCUT2D eigenvalue weighted by molar-refractivity contribution is 5.75. The van der Waals surface area contributed by atoms with Crippen LogP contribution in [0.4, 0.5) is 0 Å². The van der Waals surface area contributed by atoms with Crippen LogP contribution in [-0.2, 0) is 0 Å². The van der Waals surface area contributed by atoms with Crippen LogP contribution >= 0.6 is 0 Å². The largest absolute Gasteiger partial charge is 0.493 e. The fraction of sp³-hybridized carbons (Fsp3) is 0.133. The lowest BCUT2D eigenvalue weighted by Crippen LogP contribution is -1.94. The van der Waals surface area contributed by atoms with Crippen molar-refractivity contribution in [2.45, 2.75) is 6.92 Å². The maximum absolute atomic E-state index is 9.11. The van der Waals surface area contributed by atoms with Crippen molar-refractivity contribution in [2.24, 2.45) is 0 Å². The summed E-state index contributed by atoms with van der Waals surface area (Å²) in [5.74, 6) is 0.817. The van der Waals surface area contributed by atoms with Crippen LogP contribution in [0, 0.1) is 11.3 Å². The molecule has 2 aromatic rings. The van der Waals surface area contributed by atoms with E-state index in [4.69, 9.17) is 10.00 Å². The SMILES string of the molecule is CCOc1ccccc1-c1ccccc1C#N. The van der Waals surface area contributed by atoms with Crippen LogP contribution in [0.3, 0.4) is 0 Å². The topological polar surface area (TPSA) is 33.0 Å². The van der Waals surface area contributed by atoms with E-state index in [1.807, 2.05) is 55.5 Å². The van der Waals surface area contributed by atoms with Gasteiger partial charge in [-0.1, -0.05) is 36.4 Å². The van der Waals surface area contributed by atoms with E-state index < -0.39 is 0 Å². The Bertz CT molecular complexity index is 555. The molecule has 17 heavy (non-hydrogen) atoms. The van der Waals surface area contributed by atoms with E-state index in [1.165, 1.54) is 0 Å². The van der Waals surface area contributed by atoms with Gasteiger partial charge in [-0.25, -0.2) is 0 Å². The first-order valence-electron chi connectivity index (χ1n) is 5.58. The van der Waals surface area contributed by atoms with Crippen molar-refractivity contribution in [2.75, 3.05) is 6.61 Å². The molecule has 0 radical (unpaired) electrons. The van der Waals surface area contributed by atoms with E-state index in [2.05, 4.69) is 6.07 Å². The van der Waals surface area contributed by atoms with E-state index in [-0.39, 0.29) is 0 Å². The van der Waals surface area contributed by atoms with Gasteiger partial charge >= 0.3 is 0 Å². The van der Waals surface area contributed by atoms with Gasteiger partial charge in [0.15, 0.2) is 0 Å². The zero-order valence-corrected chi connectivity index (χ0v) is 9.68. The Hall–Kier alpha value is -2.27. The normalized spacial score (nSPS) is 9.65. The molecule has 2 heteroatoms. The molecule has 0 bridgehead atoms. The van der Waals surface area contributed by atoms with Gasteiger partial charge in [0.05, 0.1) is 18.2 Å². The Kier molecular flexibility index (Phi) is 3.42. The Morgan fingerprint density at radius 2 is 1.65 bits per heavy atom. The average Bonchev–Trinajstić information content (AvgIpc) is 2.40. The van der Waals surface area contributed by atoms with Crippen molar-refractivity contribution >= 4 is 0 Å². The molecular weight excluding hydrogens is 210 g/mol. The van der Waals surface area contributed by atoms with Gasteiger partial charge in [0.1, 0.15) is 5.75 Å². The van der Waals surface area contributed by atoms with Crippen LogP contribution in [-0.4, -0.2) is 6.61 Å². The number of ether oxygens (including phenoxy) is 1. The van der Waals surface area contributed by atoms with Gasteiger partial charge in [-0.3, -0.25) is 0 Å². The van der Waals surface area contributed by atoms with Crippen LogP contribution < -0.4 is 4.74 Å². The van der Waals surface area contributed by atoms with Gasteiger partial charge in [0, 0.05) is 11.1 Å². The minimum atomic E-state index is 0.617. The Labute approximate surface area is 101 Å². The molecule has 84 valence electrons.